The fourth-order valence-electron chi connectivity index (χ4n) is 4.92. The molecule has 3 aliphatic rings. The van der Waals surface area contributed by atoms with Crippen molar-refractivity contribution in [2.45, 2.75) is 87.5 Å². The minimum atomic E-state index is -3.03. The van der Waals surface area contributed by atoms with Gasteiger partial charge >= 0.3 is 0 Å². The van der Waals surface area contributed by atoms with Crippen molar-refractivity contribution in [2.24, 2.45) is 0 Å². The molecule has 2 heterocycles. The van der Waals surface area contributed by atoms with E-state index in [4.69, 9.17) is 0 Å². The van der Waals surface area contributed by atoms with Crippen molar-refractivity contribution < 1.29 is 13.2 Å². The number of aromatic nitrogens is 4. The first-order valence-corrected chi connectivity index (χ1v) is 13.3. The SMILES string of the molecule is O=C(CSc1nnnn1C1CCCC1)N(C1CCCCC1)C1CCS(=O)(=O)C1. The van der Waals surface area contributed by atoms with Crippen LogP contribution in [0.2, 0.25) is 0 Å². The van der Waals surface area contributed by atoms with Crippen LogP contribution in [-0.2, 0) is 14.6 Å². The van der Waals surface area contributed by atoms with E-state index < -0.39 is 9.84 Å². The molecule has 0 N–H and O–H groups in total. The average Bonchev–Trinajstić information content (AvgIpc) is 3.41. The molecule has 1 aromatic heterocycles. The van der Waals surface area contributed by atoms with E-state index in [9.17, 15) is 13.2 Å². The number of carbonyl (C=O) groups is 1. The predicted molar refractivity (Wildman–Crippen MR) is 107 cm³/mol. The molecular formula is C18H29N5O3S2. The normalized spacial score (nSPS) is 25.9. The Hall–Kier alpha value is -1.16. The van der Waals surface area contributed by atoms with Crippen molar-refractivity contribution in [1.29, 1.82) is 0 Å². The molecule has 0 aromatic carbocycles. The predicted octanol–water partition coefficient (Wildman–Crippen LogP) is 2.23. The number of thioether (sulfide) groups is 1. The van der Waals surface area contributed by atoms with Crippen molar-refractivity contribution in [1.82, 2.24) is 25.1 Å². The molecule has 1 aromatic rings. The second-order valence-corrected chi connectivity index (χ2v) is 11.5. The van der Waals surface area contributed by atoms with Gasteiger partial charge in [0.15, 0.2) is 9.84 Å². The minimum absolute atomic E-state index is 0.0278. The summed E-state index contributed by atoms with van der Waals surface area (Å²) < 4.78 is 25.9. The lowest BCUT2D eigenvalue weighted by atomic mass is 9.93. The molecular weight excluding hydrogens is 398 g/mol. The van der Waals surface area contributed by atoms with Crippen LogP contribution in [0, 0.1) is 0 Å². The van der Waals surface area contributed by atoms with Crippen LogP contribution in [0.4, 0.5) is 0 Å². The Kier molecular flexibility index (Phi) is 6.24. The fourth-order valence-corrected chi connectivity index (χ4v) is 7.44. The van der Waals surface area contributed by atoms with Crippen LogP contribution in [-0.4, -0.2) is 68.8 Å². The maximum absolute atomic E-state index is 13.2. The molecule has 0 radical (unpaired) electrons. The van der Waals surface area contributed by atoms with Gasteiger partial charge in [-0.15, -0.1) is 5.10 Å². The van der Waals surface area contributed by atoms with Gasteiger partial charge in [0.2, 0.25) is 11.1 Å². The zero-order valence-electron chi connectivity index (χ0n) is 16.2. The van der Waals surface area contributed by atoms with Gasteiger partial charge in [-0.05, 0) is 42.5 Å². The quantitative estimate of drug-likeness (QED) is 0.642. The average molecular weight is 428 g/mol. The number of tetrazole rings is 1. The number of hydrogen-bond acceptors (Lipinski definition) is 7. The van der Waals surface area contributed by atoms with Crippen molar-refractivity contribution in [3.8, 4) is 0 Å². The number of nitrogens with zero attached hydrogens (tertiary/aromatic N) is 5. The molecule has 3 fully saturated rings. The number of sulfone groups is 1. The van der Waals surface area contributed by atoms with E-state index in [1.165, 1.54) is 31.0 Å². The molecule has 4 rings (SSSR count). The first kappa shape index (κ1) is 20.1. The highest BCUT2D eigenvalue weighted by molar-refractivity contribution is 7.99. The Morgan fingerprint density at radius 1 is 1.04 bits per heavy atom. The Morgan fingerprint density at radius 3 is 2.43 bits per heavy atom. The van der Waals surface area contributed by atoms with E-state index in [0.717, 1.165) is 38.5 Å². The third-order valence-corrected chi connectivity index (χ3v) is 8.98. The molecule has 1 unspecified atom stereocenters. The van der Waals surface area contributed by atoms with Crippen LogP contribution in [0.3, 0.4) is 0 Å². The van der Waals surface area contributed by atoms with E-state index >= 15 is 0 Å². The third kappa shape index (κ3) is 4.53. The lowest BCUT2D eigenvalue weighted by Crippen LogP contribution is -2.49. The Balaban J connectivity index is 1.44. The lowest BCUT2D eigenvalue weighted by molar-refractivity contribution is -0.133. The van der Waals surface area contributed by atoms with Crippen LogP contribution in [0.5, 0.6) is 0 Å². The molecule has 1 amide bonds. The van der Waals surface area contributed by atoms with Gasteiger partial charge < -0.3 is 4.90 Å². The maximum atomic E-state index is 13.2. The number of amides is 1. The van der Waals surface area contributed by atoms with Gasteiger partial charge in [0.25, 0.3) is 0 Å². The Bertz CT molecular complexity index is 785. The van der Waals surface area contributed by atoms with Crippen LogP contribution in [0.25, 0.3) is 0 Å². The summed E-state index contributed by atoms with van der Waals surface area (Å²) in [7, 11) is -3.03. The summed E-state index contributed by atoms with van der Waals surface area (Å²) in [5.74, 6) is 0.598. The van der Waals surface area contributed by atoms with E-state index in [0.29, 0.717) is 17.6 Å². The monoisotopic (exact) mass is 427 g/mol. The summed E-state index contributed by atoms with van der Waals surface area (Å²) in [6, 6.07) is 0.333. The lowest BCUT2D eigenvalue weighted by Gasteiger charge is -2.38. The zero-order valence-corrected chi connectivity index (χ0v) is 17.8. The zero-order chi connectivity index (χ0) is 19.6. The second-order valence-electron chi connectivity index (χ2n) is 8.28. The smallest absolute Gasteiger partial charge is 0.233 e. The van der Waals surface area contributed by atoms with Crippen molar-refractivity contribution in [3.05, 3.63) is 0 Å². The van der Waals surface area contributed by atoms with Crippen LogP contribution < -0.4 is 0 Å². The van der Waals surface area contributed by atoms with Gasteiger partial charge in [0, 0.05) is 12.1 Å². The third-order valence-electron chi connectivity index (χ3n) is 6.32. The van der Waals surface area contributed by atoms with Gasteiger partial charge in [0.05, 0.1) is 23.3 Å². The summed E-state index contributed by atoms with van der Waals surface area (Å²) in [6.45, 7) is 0. The highest BCUT2D eigenvalue weighted by atomic mass is 32.2. The molecule has 28 heavy (non-hydrogen) atoms. The Morgan fingerprint density at radius 2 is 1.75 bits per heavy atom. The Labute approximate surface area is 170 Å². The minimum Gasteiger partial charge on any atom is -0.335 e. The summed E-state index contributed by atoms with van der Waals surface area (Å²) in [6.07, 6.45) is 10.5. The second kappa shape index (κ2) is 8.69. The molecule has 0 bridgehead atoms. The highest BCUT2D eigenvalue weighted by Gasteiger charge is 2.38. The molecule has 1 aliphatic heterocycles. The van der Waals surface area contributed by atoms with Crippen molar-refractivity contribution in [3.63, 3.8) is 0 Å². The van der Waals surface area contributed by atoms with Crippen molar-refractivity contribution in [2.75, 3.05) is 17.3 Å². The number of hydrogen-bond donors (Lipinski definition) is 0. The molecule has 0 spiro atoms. The maximum Gasteiger partial charge on any atom is 0.233 e. The van der Waals surface area contributed by atoms with E-state index in [1.54, 1.807) is 0 Å². The summed E-state index contributed by atoms with van der Waals surface area (Å²) in [5, 5.41) is 12.8. The molecule has 8 nitrogen and oxygen atoms in total. The molecule has 1 saturated heterocycles. The van der Waals surface area contributed by atoms with E-state index in [-0.39, 0.29) is 35.2 Å². The van der Waals surface area contributed by atoms with Crippen LogP contribution >= 0.6 is 11.8 Å². The van der Waals surface area contributed by atoms with Crippen molar-refractivity contribution >= 4 is 27.5 Å². The van der Waals surface area contributed by atoms with Gasteiger partial charge in [-0.3, -0.25) is 4.79 Å². The fraction of sp³-hybridized carbons (Fsp3) is 0.889. The summed E-state index contributed by atoms with van der Waals surface area (Å²) in [5.41, 5.74) is 0. The largest absolute Gasteiger partial charge is 0.335 e. The van der Waals surface area contributed by atoms with Crippen LogP contribution in [0.1, 0.15) is 70.3 Å². The molecule has 156 valence electrons. The molecule has 1 atom stereocenters. The number of carbonyl (C=O) groups excluding carboxylic acids is 1. The highest BCUT2D eigenvalue weighted by Crippen LogP contribution is 2.32. The molecule has 2 aliphatic carbocycles. The summed E-state index contributed by atoms with van der Waals surface area (Å²) in [4.78, 5) is 15.1. The first-order valence-electron chi connectivity index (χ1n) is 10.5. The van der Waals surface area contributed by atoms with Crippen LogP contribution in [0.15, 0.2) is 5.16 Å². The topological polar surface area (TPSA) is 98.1 Å². The first-order chi connectivity index (χ1) is 13.5. The van der Waals surface area contributed by atoms with Gasteiger partial charge in [-0.1, -0.05) is 43.9 Å². The van der Waals surface area contributed by atoms with E-state index in [1.807, 2.05) is 9.58 Å². The number of rotatable bonds is 6. The standard InChI is InChI=1S/C18H29N5O3S2/c24-17(12-27-18-19-20-21-23(18)15-8-4-5-9-15)22(14-6-2-1-3-7-14)16-10-11-28(25,26)13-16/h14-16H,1-13H2. The molecule has 10 heteroatoms. The van der Waals surface area contributed by atoms with Gasteiger partial charge in [-0.25, -0.2) is 13.1 Å². The molecule has 2 saturated carbocycles. The summed E-state index contributed by atoms with van der Waals surface area (Å²) >= 11 is 1.39. The van der Waals surface area contributed by atoms with E-state index in [2.05, 4.69) is 15.5 Å². The van der Waals surface area contributed by atoms with Gasteiger partial charge in [0.1, 0.15) is 0 Å². The van der Waals surface area contributed by atoms with Gasteiger partial charge in [-0.2, -0.15) is 0 Å².